The highest BCUT2D eigenvalue weighted by molar-refractivity contribution is 5.71. The molecule has 1 nitrogen and oxygen atoms in total. The fourth-order valence-electron chi connectivity index (χ4n) is 6.04. The van der Waals surface area contributed by atoms with Crippen molar-refractivity contribution in [3.05, 3.63) is 113 Å². The van der Waals surface area contributed by atoms with E-state index in [1.807, 2.05) is 12.1 Å². The number of ether oxygens (including phenoxy) is 1. The molecule has 0 bridgehead atoms. The molecule has 1 saturated carbocycles. The van der Waals surface area contributed by atoms with Gasteiger partial charge in [0.1, 0.15) is 18.2 Å². The number of benzene rings is 4. The third-order valence-corrected chi connectivity index (χ3v) is 8.65. The van der Waals surface area contributed by atoms with Gasteiger partial charge in [-0.15, -0.1) is 0 Å². The van der Waals surface area contributed by atoms with E-state index in [2.05, 4.69) is 19.1 Å². The first-order valence-corrected chi connectivity index (χ1v) is 15.0. The summed E-state index contributed by atoms with van der Waals surface area (Å²) in [6, 6.07) is 16.5. The van der Waals surface area contributed by atoms with Gasteiger partial charge < -0.3 is 4.74 Å². The fraction of sp³-hybridized carbons (Fsp3) is 0.333. The van der Waals surface area contributed by atoms with Crippen molar-refractivity contribution >= 4 is 0 Å². The third-order valence-electron chi connectivity index (χ3n) is 8.65. The van der Waals surface area contributed by atoms with Gasteiger partial charge in [-0.25, -0.2) is 22.0 Å². The van der Waals surface area contributed by atoms with Gasteiger partial charge in [0.05, 0.1) is 0 Å². The Morgan fingerprint density at radius 2 is 1.20 bits per heavy atom. The van der Waals surface area contributed by atoms with E-state index in [1.165, 1.54) is 81.2 Å². The largest absolute Gasteiger partial charge is 0.483 e. The van der Waals surface area contributed by atoms with Crippen molar-refractivity contribution in [2.24, 2.45) is 5.92 Å². The Bertz CT molecular complexity index is 1580. The molecule has 44 heavy (non-hydrogen) atoms. The van der Waals surface area contributed by atoms with Crippen LogP contribution in [0, 0.1) is 46.6 Å². The van der Waals surface area contributed by atoms with Crippen LogP contribution in [0.4, 0.5) is 30.7 Å². The zero-order valence-corrected chi connectivity index (χ0v) is 24.3. The van der Waals surface area contributed by atoms with Crippen LogP contribution in [0.3, 0.4) is 0 Å². The minimum atomic E-state index is -2.32. The molecule has 0 heterocycles. The van der Waals surface area contributed by atoms with Gasteiger partial charge in [0.15, 0.2) is 5.75 Å². The molecule has 1 fully saturated rings. The van der Waals surface area contributed by atoms with Crippen LogP contribution in [0.2, 0.25) is 0 Å². The van der Waals surface area contributed by atoms with E-state index < -0.39 is 53.1 Å². The maximum atomic E-state index is 15.2. The van der Waals surface area contributed by atoms with Crippen LogP contribution in [-0.4, -0.2) is 0 Å². The van der Waals surface area contributed by atoms with E-state index in [0.29, 0.717) is 11.5 Å². The lowest BCUT2D eigenvalue weighted by atomic mass is 9.77. The predicted octanol–water partition coefficient (Wildman–Crippen LogP) is 11.4. The number of hydrogen-bond acceptors (Lipinski definition) is 1. The first kappa shape index (κ1) is 31.6. The van der Waals surface area contributed by atoms with Crippen molar-refractivity contribution in [3.8, 4) is 28.0 Å². The quantitative estimate of drug-likeness (QED) is 0.0747. The predicted molar refractivity (Wildman–Crippen MR) is 157 cm³/mol. The molecule has 1 aliphatic carbocycles. The van der Waals surface area contributed by atoms with Gasteiger partial charge in [-0.2, -0.15) is 8.78 Å². The van der Waals surface area contributed by atoms with Crippen molar-refractivity contribution in [1.29, 1.82) is 0 Å². The molecule has 0 spiro atoms. The van der Waals surface area contributed by atoms with E-state index in [1.54, 1.807) is 6.07 Å². The summed E-state index contributed by atoms with van der Waals surface area (Å²) in [4.78, 5) is 0. The first-order chi connectivity index (χ1) is 21.2. The lowest BCUT2D eigenvalue weighted by Crippen LogP contribution is -2.13. The smallest absolute Gasteiger partial charge is 0.207 e. The minimum absolute atomic E-state index is 0.132. The average molecular weight is 615 g/mol. The highest BCUT2D eigenvalue weighted by Gasteiger charge is 2.27. The number of halogens is 7. The summed E-state index contributed by atoms with van der Waals surface area (Å²) in [6.07, 6.45) is 10.1. The van der Waals surface area contributed by atoms with Crippen LogP contribution < -0.4 is 4.74 Å². The highest BCUT2D eigenvalue weighted by Crippen LogP contribution is 2.39. The lowest BCUT2D eigenvalue weighted by Gasteiger charge is -2.29. The zero-order chi connectivity index (χ0) is 31.4. The molecule has 0 radical (unpaired) electrons. The SMILES string of the molecule is CCCCCC1CCC(c2ccc(-c3ccc(-c4ccc(COc5c(F)c(F)c(F)c(F)c5F)c(F)c4)c(F)c3)cc2)CC1. The summed E-state index contributed by atoms with van der Waals surface area (Å²) in [5, 5.41) is 0. The van der Waals surface area contributed by atoms with Gasteiger partial charge in [0, 0.05) is 11.1 Å². The van der Waals surface area contributed by atoms with Gasteiger partial charge >= 0.3 is 0 Å². The Morgan fingerprint density at radius 3 is 1.82 bits per heavy atom. The molecule has 0 atom stereocenters. The van der Waals surface area contributed by atoms with Gasteiger partial charge in [-0.3, -0.25) is 0 Å². The van der Waals surface area contributed by atoms with E-state index >= 15 is 4.39 Å². The molecule has 8 heteroatoms. The minimum Gasteiger partial charge on any atom is -0.483 e. The van der Waals surface area contributed by atoms with Crippen LogP contribution >= 0.6 is 0 Å². The molecule has 5 rings (SSSR count). The monoisotopic (exact) mass is 614 g/mol. The summed E-state index contributed by atoms with van der Waals surface area (Å²) >= 11 is 0. The Labute approximate surface area is 252 Å². The van der Waals surface area contributed by atoms with Crippen LogP contribution in [-0.2, 0) is 6.61 Å². The second-order valence-corrected chi connectivity index (χ2v) is 11.5. The maximum Gasteiger partial charge on any atom is 0.207 e. The Hall–Kier alpha value is -3.81. The maximum absolute atomic E-state index is 15.2. The first-order valence-electron chi connectivity index (χ1n) is 15.0. The molecule has 4 aromatic rings. The number of unbranched alkanes of at least 4 members (excludes halogenated alkanes) is 2. The van der Waals surface area contributed by atoms with Crippen LogP contribution in [0.5, 0.6) is 5.75 Å². The topological polar surface area (TPSA) is 9.23 Å². The van der Waals surface area contributed by atoms with Gasteiger partial charge in [-0.1, -0.05) is 81.1 Å². The Balaban J connectivity index is 1.24. The fourth-order valence-corrected chi connectivity index (χ4v) is 6.04. The van der Waals surface area contributed by atoms with E-state index in [4.69, 9.17) is 4.74 Å². The van der Waals surface area contributed by atoms with E-state index in [0.717, 1.165) is 17.5 Å². The van der Waals surface area contributed by atoms with Crippen molar-refractivity contribution in [2.45, 2.75) is 70.8 Å². The molecule has 0 aromatic heterocycles. The Kier molecular flexibility index (Phi) is 9.97. The highest BCUT2D eigenvalue weighted by atomic mass is 19.2. The van der Waals surface area contributed by atoms with E-state index in [-0.39, 0.29) is 16.7 Å². The van der Waals surface area contributed by atoms with Crippen LogP contribution in [0.1, 0.15) is 75.3 Å². The molecule has 0 unspecified atom stereocenters. The molecule has 0 amide bonds. The van der Waals surface area contributed by atoms with E-state index in [9.17, 15) is 26.3 Å². The molecule has 1 aliphatic rings. The van der Waals surface area contributed by atoms with Gasteiger partial charge in [0.25, 0.3) is 0 Å². The normalized spacial score (nSPS) is 16.7. The number of hydrogen-bond donors (Lipinski definition) is 0. The van der Waals surface area contributed by atoms with Gasteiger partial charge in [-0.05, 0) is 71.9 Å². The summed E-state index contributed by atoms with van der Waals surface area (Å²) in [5.74, 6) is -12.6. The molecule has 4 aromatic carbocycles. The molecular weight excluding hydrogens is 581 g/mol. The second kappa shape index (κ2) is 13.9. The molecule has 0 saturated heterocycles. The molecule has 232 valence electrons. The second-order valence-electron chi connectivity index (χ2n) is 11.5. The lowest BCUT2D eigenvalue weighted by molar-refractivity contribution is 0.250. The molecule has 0 N–H and O–H groups in total. The average Bonchev–Trinajstić information content (AvgIpc) is 3.04. The molecular formula is C36H33F7O. The van der Waals surface area contributed by atoms with Crippen molar-refractivity contribution < 1.29 is 35.5 Å². The van der Waals surface area contributed by atoms with Crippen molar-refractivity contribution in [2.75, 3.05) is 0 Å². The van der Waals surface area contributed by atoms with Gasteiger partial charge in [0.2, 0.25) is 29.1 Å². The van der Waals surface area contributed by atoms with Crippen molar-refractivity contribution in [3.63, 3.8) is 0 Å². The van der Waals surface area contributed by atoms with Crippen LogP contribution in [0.15, 0.2) is 60.7 Å². The summed E-state index contributed by atoms with van der Waals surface area (Å²) in [7, 11) is 0. The summed E-state index contributed by atoms with van der Waals surface area (Å²) < 4.78 is 103. The zero-order valence-electron chi connectivity index (χ0n) is 24.3. The standard InChI is InChI=1S/C36H33F7O/c1-2-3-4-5-21-6-8-22(9-7-21)23-10-12-24(13-11-23)25-16-17-28(30(38)18-25)26-14-15-27(29(37)19-26)20-44-36-34(42)32(40)31(39)33(41)35(36)43/h10-19,21-22H,2-9,20H2,1H3. The summed E-state index contributed by atoms with van der Waals surface area (Å²) in [6.45, 7) is 1.41. The number of rotatable bonds is 10. The van der Waals surface area contributed by atoms with Crippen molar-refractivity contribution in [1.82, 2.24) is 0 Å². The molecule has 0 aliphatic heterocycles. The Morgan fingerprint density at radius 1 is 0.614 bits per heavy atom. The third kappa shape index (κ3) is 6.79. The summed E-state index contributed by atoms with van der Waals surface area (Å²) in [5.41, 5.74) is 2.95. The van der Waals surface area contributed by atoms with Crippen LogP contribution in [0.25, 0.3) is 22.3 Å².